The first kappa shape index (κ1) is 22.7. The van der Waals surface area contributed by atoms with Crippen LogP contribution in [0.2, 0.25) is 0 Å². The molecule has 3 N–H and O–H groups in total. The lowest BCUT2D eigenvalue weighted by Gasteiger charge is -2.16. The molecule has 0 saturated heterocycles. The number of ether oxygens (including phenoxy) is 1. The number of amides is 2. The lowest BCUT2D eigenvalue weighted by Crippen LogP contribution is -2.20. The van der Waals surface area contributed by atoms with E-state index >= 15 is 0 Å². The number of carbonyl (C=O) groups excluding carboxylic acids is 1. The fourth-order valence-electron chi connectivity index (χ4n) is 3.36. The number of aromatic nitrogens is 3. The number of benzene rings is 2. The van der Waals surface area contributed by atoms with Gasteiger partial charge < -0.3 is 20.7 Å². The molecule has 0 saturated carbocycles. The summed E-state index contributed by atoms with van der Waals surface area (Å²) < 4.78 is 6.20. The van der Waals surface area contributed by atoms with Gasteiger partial charge in [0.05, 0.1) is 11.3 Å². The topological polar surface area (TPSA) is 101 Å². The maximum atomic E-state index is 12.5. The molecule has 0 spiro atoms. The van der Waals surface area contributed by atoms with Gasteiger partial charge in [-0.1, -0.05) is 17.7 Å². The van der Waals surface area contributed by atoms with E-state index in [0.29, 0.717) is 29.0 Å². The van der Waals surface area contributed by atoms with Gasteiger partial charge in [-0.2, -0.15) is 0 Å². The predicted octanol–water partition coefficient (Wildman–Crippen LogP) is 5.94. The number of nitrogens with zero attached hydrogens (tertiary/aromatic N) is 3. The van der Waals surface area contributed by atoms with Crippen LogP contribution in [-0.4, -0.2) is 28.0 Å². The monoisotopic (exact) mass is 454 g/mol. The van der Waals surface area contributed by atoms with Gasteiger partial charge in [0, 0.05) is 30.8 Å². The normalized spacial score (nSPS) is 10.5. The largest absolute Gasteiger partial charge is 0.438 e. The summed E-state index contributed by atoms with van der Waals surface area (Å²) in [7, 11) is 1.77. The zero-order valence-corrected chi connectivity index (χ0v) is 19.5. The van der Waals surface area contributed by atoms with E-state index in [0.717, 1.165) is 27.9 Å². The lowest BCUT2D eigenvalue weighted by molar-refractivity contribution is 0.262. The lowest BCUT2D eigenvalue weighted by atomic mass is 10.1. The molecule has 0 aliphatic rings. The van der Waals surface area contributed by atoms with E-state index in [4.69, 9.17) is 4.74 Å². The van der Waals surface area contributed by atoms with Crippen LogP contribution in [0.15, 0.2) is 67.0 Å². The Labute approximate surface area is 198 Å². The Bertz CT molecular complexity index is 1320. The van der Waals surface area contributed by atoms with E-state index in [1.54, 1.807) is 19.4 Å². The molecule has 2 amide bonds. The zero-order valence-electron chi connectivity index (χ0n) is 19.5. The average Bonchev–Trinajstić information content (AvgIpc) is 2.85. The highest BCUT2D eigenvalue weighted by atomic mass is 16.5. The molecule has 0 aliphatic heterocycles. The molecule has 0 unspecified atom stereocenters. The summed E-state index contributed by atoms with van der Waals surface area (Å²) in [6.07, 6.45) is 3.36. The van der Waals surface area contributed by atoms with Crippen LogP contribution < -0.4 is 20.7 Å². The standard InChI is InChI=1S/C26H26N6O2/c1-16-7-9-19(10-8-16)30-26(33)32-21-11-12-23(18(3)17(21)2)34-24-20(6-5-14-28-24)22-13-15-29-25(27-4)31-22/h5-15H,1-4H3,(H,27,29,31)(H2,30,32,33). The van der Waals surface area contributed by atoms with Gasteiger partial charge in [0.1, 0.15) is 5.75 Å². The molecule has 4 aromatic rings. The second-order valence-electron chi connectivity index (χ2n) is 7.78. The van der Waals surface area contributed by atoms with Crippen LogP contribution in [-0.2, 0) is 0 Å². The molecule has 4 rings (SSSR count). The van der Waals surface area contributed by atoms with E-state index in [2.05, 4.69) is 30.9 Å². The van der Waals surface area contributed by atoms with E-state index in [1.807, 2.05) is 75.4 Å². The summed E-state index contributed by atoms with van der Waals surface area (Å²) in [5.41, 5.74) is 5.79. The molecule has 0 aliphatic carbocycles. The third-order valence-electron chi connectivity index (χ3n) is 5.43. The van der Waals surface area contributed by atoms with Crippen LogP contribution in [0.5, 0.6) is 11.6 Å². The van der Waals surface area contributed by atoms with Crippen LogP contribution in [0.3, 0.4) is 0 Å². The second-order valence-corrected chi connectivity index (χ2v) is 7.78. The Morgan fingerprint density at radius 3 is 2.41 bits per heavy atom. The van der Waals surface area contributed by atoms with Crippen molar-refractivity contribution in [2.75, 3.05) is 23.0 Å². The maximum Gasteiger partial charge on any atom is 0.323 e. The molecule has 0 fully saturated rings. The molecule has 0 bridgehead atoms. The van der Waals surface area contributed by atoms with Crippen molar-refractivity contribution >= 4 is 23.4 Å². The maximum absolute atomic E-state index is 12.5. The van der Waals surface area contributed by atoms with E-state index in [9.17, 15) is 4.79 Å². The first-order valence-electron chi connectivity index (χ1n) is 10.8. The van der Waals surface area contributed by atoms with Gasteiger partial charge in [-0.25, -0.2) is 19.7 Å². The first-order chi connectivity index (χ1) is 16.4. The number of carbonyl (C=O) groups is 1. The van der Waals surface area contributed by atoms with Crippen molar-refractivity contribution in [3.05, 3.63) is 83.7 Å². The third kappa shape index (κ3) is 5.12. The van der Waals surface area contributed by atoms with E-state index < -0.39 is 0 Å². The molecule has 8 heteroatoms. The van der Waals surface area contributed by atoms with Crippen LogP contribution in [0.4, 0.5) is 22.1 Å². The Morgan fingerprint density at radius 1 is 0.853 bits per heavy atom. The van der Waals surface area contributed by atoms with Crippen LogP contribution >= 0.6 is 0 Å². The summed E-state index contributed by atoms with van der Waals surface area (Å²) in [5.74, 6) is 1.59. The molecule has 34 heavy (non-hydrogen) atoms. The third-order valence-corrected chi connectivity index (χ3v) is 5.43. The number of anilines is 3. The number of pyridine rings is 1. The SMILES string of the molecule is CNc1nccc(-c2cccnc2Oc2ccc(NC(=O)Nc3ccc(C)cc3)c(C)c2C)n1. The minimum Gasteiger partial charge on any atom is -0.438 e. The Hall–Kier alpha value is -4.46. The van der Waals surface area contributed by atoms with Gasteiger partial charge in [-0.05, 0) is 74.4 Å². The number of urea groups is 1. The highest BCUT2D eigenvalue weighted by Crippen LogP contribution is 2.34. The molecule has 8 nitrogen and oxygen atoms in total. The second kappa shape index (κ2) is 9.99. The average molecular weight is 455 g/mol. The van der Waals surface area contributed by atoms with Gasteiger partial charge in [0.15, 0.2) is 0 Å². The Morgan fingerprint density at radius 2 is 1.65 bits per heavy atom. The Balaban J connectivity index is 1.54. The summed E-state index contributed by atoms with van der Waals surface area (Å²) in [6.45, 7) is 5.88. The van der Waals surface area contributed by atoms with Gasteiger partial charge in [-0.15, -0.1) is 0 Å². The fourth-order valence-corrected chi connectivity index (χ4v) is 3.36. The number of hydrogen-bond acceptors (Lipinski definition) is 6. The number of nitrogens with one attached hydrogen (secondary N) is 3. The summed E-state index contributed by atoms with van der Waals surface area (Å²) in [6, 6.07) is 16.5. The van der Waals surface area contributed by atoms with Crippen molar-refractivity contribution in [3.63, 3.8) is 0 Å². The molecular formula is C26H26N6O2. The van der Waals surface area contributed by atoms with Gasteiger partial charge in [-0.3, -0.25) is 0 Å². The van der Waals surface area contributed by atoms with Crippen molar-refractivity contribution in [2.45, 2.75) is 20.8 Å². The van der Waals surface area contributed by atoms with Crippen LogP contribution in [0, 0.1) is 20.8 Å². The number of aryl methyl sites for hydroxylation is 1. The molecule has 0 atom stereocenters. The highest BCUT2D eigenvalue weighted by Gasteiger charge is 2.15. The van der Waals surface area contributed by atoms with Crippen LogP contribution in [0.1, 0.15) is 16.7 Å². The molecule has 2 aromatic heterocycles. The number of rotatable bonds is 6. The molecule has 2 heterocycles. The Kier molecular flexibility index (Phi) is 6.68. The van der Waals surface area contributed by atoms with E-state index in [1.165, 1.54) is 0 Å². The van der Waals surface area contributed by atoms with Crippen LogP contribution in [0.25, 0.3) is 11.3 Å². The minimum absolute atomic E-state index is 0.309. The van der Waals surface area contributed by atoms with Gasteiger partial charge >= 0.3 is 6.03 Å². The van der Waals surface area contributed by atoms with Crippen molar-refractivity contribution in [3.8, 4) is 22.9 Å². The molecule has 2 aromatic carbocycles. The molecular weight excluding hydrogens is 428 g/mol. The predicted molar refractivity (Wildman–Crippen MR) is 135 cm³/mol. The summed E-state index contributed by atoms with van der Waals surface area (Å²) in [5, 5.41) is 8.69. The summed E-state index contributed by atoms with van der Waals surface area (Å²) >= 11 is 0. The molecule has 172 valence electrons. The van der Waals surface area contributed by atoms with Crippen molar-refractivity contribution in [1.82, 2.24) is 15.0 Å². The van der Waals surface area contributed by atoms with Crippen molar-refractivity contribution in [2.24, 2.45) is 0 Å². The van der Waals surface area contributed by atoms with Crippen molar-refractivity contribution in [1.29, 1.82) is 0 Å². The minimum atomic E-state index is -0.309. The quantitative estimate of drug-likeness (QED) is 0.333. The van der Waals surface area contributed by atoms with Gasteiger partial charge in [0.25, 0.3) is 0 Å². The highest BCUT2D eigenvalue weighted by molar-refractivity contribution is 6.00. The summed E-state index contributed by atoms with van der Waals surface area (Å²) in [4.78, 5) is 25.6. The van der Waals surface area contributed by atoms with Gasteiger partial charge in [0.2, 0.25) is 11.8 Å². The first-order valence-corrected chi connectivity index (χ1v) is 10.8. The molecule has 0 radical (unpaired) electrons. The number of hydrogen-bond donors (Lipinski definition) is 3. The smallest absolute Gasteiger partial charge is 0.323 e. The van der Waals surface area contributed by atoms with E-state index in [-0.39, 0.29) is 6.03 Å². The fraction of sp³-hybridized carbons (Fsp3) is 0.154. The zero-order chi connectivity index (χ0) is 24.1. The van der Waals surface area contributed by atoms with Crippen molar-refractivity contribution < 1.29 is 9.53 Å².